The van der Waals surface area contributed by atoms with Gasteiger partial charge in [-0.3, -0.25) is 4.79 Å². The molecule has 2 heterocycles. The molecule has 1 aliphatic heterocycles. The van der Waals surface area contributed by atoms with E-state index < -0.39 is 23.7 Å². The summed E-state index contributed by atoms with van der Waals surface area (Å²) in [5.74, 6) is 4.74. The fourth-order valence-corrected chi connectivity index (χ4v) is 2.51. The van der Waals surface area contributed by atoms with Crippen LogP contribution in [-0.2, 0) is 9.53 Å². The minimum Gasteiger partial charge on any atom is -0.480 e. The largest absolute Gasteiger partial charge is 0.480 e. The number of carboxylic acids is 1. The standard InChI is InChI=1S/C13H14N4O4/c1-21-9-6-16(10(9)13(19)20)11-12(18)17(14)8-5-3-2-4-7(8)15-11/h2-5,9-10H,6,14H2,1H3,(H,19,20). The first-order chi connectivity index (χ1) is 10.0. The number of para-hydroxylation sites is 2. The zero-order valence-corrected chi connectivity index (χ0v) is 11.3. The van der Waals surface area contributed by atoms with E-state index in [9.17, 15) is 14.7 Å². The lowest BCUT2D eigenvalue weighted by atomic mass is 9.99. The molecule has 0 bridgehead atoms. The van der Waals surface area contributed by atoms with Crippen molar-refractivity contribution in [2.45, 2.75) is 12.1 Å². The van der Waals surface area contributed by atoms with E-state index in [0.717, 1.165) is 4.68 Å². The molecule has 0 spiro atoms. The summed E-state index contributed by atoms with van der Waals surface area (Å²) in [4.78, 5) is 29.2. The summed E-state index contributed by atoms with van der Waals surface area (Å²) in [6, 6.07) is 5.97. The smallest absolute Gasteiger partial charge is 0.329 e. The van der Waals surface area contributed by atoms with Gasteiger partial charge in [0.1, 0.15) is 6.10 Å². The molecule has 2 unspecified atom stereocenters. The predicted octanol–water partition coefficient (Wildman–Crippen LogP) is -0.601. The summed E-state index contributed by atoms with van der Waals surface area (Å²) in [5.41, 5.74) is 0.482. The molecule has 110 valence electrons. The fraction of sp³-hybridized carbons (Fsp3) is 0.308. The van der Waals surface area contributed by atoms with E-state index in [0.29, 0.717) is 11.0 Å². The molecule has 1 aliphatic rings. The molecular formula is C13H14N4O4. The van der Waals surface area contributed by atoms with Crippen molar-refractivity contribution in [1.82, 2.24) is 9.66 Å². The van der Waals surface area contributed by atoms with Crippen LogP contribution in [0.25, 0.3) is 11.0 Å². The van der Waals surface area contributed by atoms with Crippen LogP contribution in [0.3, 0.4) is 0 Å². The van der Waals surface area contributed by atoms with E-state index in [1.807, 2.05) is 0 Å². The van der Waals surface area contributed by atoms with E-state index in [1.165, 1.54) is 12.0 Å². The quantitative estimate of drug-likeness (QED) is 0.726. The summed E-state index contributed by atoms with van der Waals surface area (Å²) < 4.78 is 6.06. The number of nitrogens with two attached hydrogens (primary N) is 1. The van der Waals surface area contributed by atoms with Crippen LogP contribution in [0, 0.1) is 0 Å². The Morgan fingerprint density at radius 1 is 1.48 bits per heavy atom. The van der Waals surface area contributed by atoms with E-state index in [1.54, 1.807) is 24.3 Å². The number of hydrogen-bond acceptors (Lipinski definition) is 6. The molecule has 0 radical (unpaired) electrons. The Kier molecular flexibility index (Phi) is 3.02. The van der Waals surface area contributed by atoms with Gasteiger partial charge >= 0.3 is 11.5 Å². The summed E-state index contributed by atoms with van der Waals surface area (Å²) >= 11 is 0. The van der Waals surface area contributed by atoms with Crippen molar-refractivity contribution in [3.8, 4) is 0 Å². The molecule has 8 heteroatoms. The minimum absolute atomic E-state index is 0.0249. The van der Waals surface area contributed by atoms with Crippen LogP contribution >= 0.6 is 0 Å². The average Bonchev–Trinajstić information content (AvgIpc) is 2.43. The van der Waals surface area contributed by atoms with E-state index in [-0.39, 0.29) is 12.4 Å². The number of fused-ring (bicyclic) bond motifs is 1. The highest BCUT2D eigenvalue weighted by Crippen LogP contribution is 2.26. The van der Waals surface area contributed by atoms with Gasteiger partial charge in [-0.05, 0) is 12.1 Å². The van der Waals surface area contributed by atoms with Crippen LogP contribution in [-0.4, -0.2) is 46.5 Å². The van der Waals surface area contributed by atoms with Crippen molar-refractivity contribution >= 4 is 22.8 Å². The number of carboxylic acid groups (broad SMARTS) is 1. The third-order valence-electron chi connectivity index (χ3n) is 3.67. The number of rotatable bonds is 3. The summed E-state index contributed by atoms with van der Waals surface area (Å²) in [6.45, 7) is 0.286. The number of nitrogen functional groups attached to an aromatic ring is 1. The highest BCUT2D eigenvalue weighted by atomic mass is 16.5. The SMILES string of the molecule is COC1CN(c2nc3ccccc3n(N)c2=O)C1C(=O)O. The van der Waals surface area contributed by atoms with Crippen LogP contribution in [0.5, 0.6) is 0 Å². The molecular weight excluding hydrogens is 276 g/mol. The Morgan fingerprint density at radius 2 is 2.19 bits per heavy atom. The van der Waals surface area contributed by atoms with Crippen molar-refractivity contribution in [2.24, 2.45) is 0 Å². The van der Waals surface area contributed by atoms with Gasteiger partial charge in [0, 0.05) is 13.7 Å². The summed E-state index contributed by atoms with van der Waals surface area (Å²) in [6.07, 6.45) is -0.471. The molecule has 1 saturated heterocycles. The van der Waals surface area contributed by atoms with Gasteiger partial charge in [0.15, 0.2) is 11.9 Å². The van der Waals surface area contributed by atoms with Gasteiger partial charge in [-0.1, -0.05) is 12.1 Å². The molecule has 3 N–H and O–H groups in total. The lowest BCUT2D eigenvalue weighted by Gasteiger charge is -2.44. The van der Waals surface area contributed by atoms with Crippen LogP contribution < -0.4 is 16.3 Å². The topological polar surface area (TPSA) is 111 Å². The molecule has 1 aromatic heterocycles. The van der Waals surface area contributed by atoms with E-state index in [2.05, 4.69) is 4.98 Å². The highest BCUT2D eigenvalue weighted by molar-refractivity contribution is 5.82. The second-order valence-corrected chi connectivity index (χ2v) is 4.81. The second-order valence-electron chi connectivity index (χ2n) is 4.81. The molecule has 0 aliphatic carbocycles. The second kappa shape index (κ2) is 4.74. The first-order valence-electron chi connectivity index (χ1n) is 6.33. The lowest BCUT2D eigenvalue weighted by Crippen LogP contribution is -2.66. The van der Waals surface area contributed by atoms with Crippen LogP contribution in [0.15, 0.2) is 29.1 Å². The zero-order valence-electron chi connectivity index (χ0n) is 11.3. The van der Waals surface area contributed by atoms with Crippen LogP contribution in [0.2, 0.25) is 0 Å². The fourth-order valence-electron chi connectivity index (χ4n) is 2.51. The first-order valence-corrected chi connectivity index (χ1v) is 6.33. The number of carbonyl (C=O) groups is 1. The molecule has 0 amide bonds. The number of benzene rings is 1. The van der Waals surface area contributed by atoms with Gasteiger partial charge in [0.25, 0.3) is 0 Å². The zero-order chi connectivity index (χ0) is 15.1. The van der Waals surface area contributed by atoms with Crippen LogP contribution in [0.4, 0.5) is 5.82 Å². The van der Waals surface area contributed by atoms with E-state index in [4.69, 9.17) is 10.6 Å². The van der Waals surface area contributed by atoms with Crippen molar-refractivity contribution in [2.75, 3.05) is 24.4 Å². The first kappa shape index (κ1) is 13.4. The van der Waals surface area contributed by atoms with Crippen molar-refractivity contribution in [3.05, 3.63) is 34.6 Å². The highest BCUT2D eigenvalue weighted by Gasteiger charge is 2.46. The summed E-state index contributed by atoms with van der Waals surface area (Å²) in [5, 5.41) is 9.25. The molecule has 8 nitrogen and oxygen atoms in total. The summed E-state index contributed by atoms with van der Waals surface area (Å²) in [7, 11) is 1.44. The van der Waals surface area contributed by atoms with Crippen molar-refractivity contribution in [1.29, 1.82) is 0 Å². The molecule has 21 heavy (non-hydrogen) atoms. The Hall–Kier alpha value is -2.61. The molecule has 0 saturated carbocycles. The molecule has 2 atom stereocenters. The maximum atomic E-state index is 12.3. The number of anilines is 1. The number of methoxy groups -OCH3 is 1. The third kappa shape index (κ3) is 1.91. The third-order valence-corrected chi connectivity index (χ3v) is 3.67. The van der Waals surface area contributed by atoms with Gasteiger partial charge in [-0.2, -0.15) is 0 Å². The monoisotopic (exact) mass is 290 g/mol. The average molecular weight is 290 g/mol. The van der Waals surface area contributed by atoms with Crippen LogP contribution in [0.1, 0.15) is 0 Å². The number of ether oxygens (including phenoxy) is 1. The Morgan fingerprint density at radius 3 is 2.86 bits per heavy atom. The molecule has 2 aromatic rings. The van der Waals surface area contributed by atoms with Gasteiger partial charge < -0.3 is 20.6 Å². The number of aromatic nitrogens is 2. The molecule has 1 fully saturated rings. The Balaban J connectivity index is 2.11. The van der Waals surface area contributed by atoms with Gasteiger partial charge in [-0.25, -0.2) is 14.5 Å². The van der Waals surface area contributed by atoms with E-state index >= 15 is 0 Å². The minimum atomic E-state index is -1.06. The number of aliphatic carboxylic acids is 1. The van der Waals surface area contributed by atoms with Gasteiger partial charge in [0.05, 0.1) is 11.0 Å². The van der Waals surface area contributed by atoms with Crippen molar-refractivity contribution in [3.63, 3.8) is 0 Å². The number of hydrogen-bond donors (Lipinski definition) is 2. The predicted molar refractivity (Wildman–Crippen MR) is 75.7 cm³/mol. The van der Waals surface area contributed by atoms with Gasteiger partial charge in [0.2, 0.25) is 0 Å². The molecule has 3 rings (SSSR count). The Labute approximate surface area is 119 Å². The maximum Gasteiger partial charge on any atom is 0.329 e. The maximum absolute atomic E-state index is 12.3. The van der Waals surface area contributed by atoms with Crippen molar-refractivity contribution < 1.29 is 14.6 Å². The normalized spacial score (nSPS) is 21.3. The van der Waals surface area contributed by atoms with Gasteiger partial charge in [-0.15, -0.1) is 0 Å². The lowest BCUT2D eigenvalue weighted by molar-refractivity contribution is -0.145. The number of nitrogens with zero attached hydrogens (tertiary/aromatic N) is 3. The Bertz CT molecular complexity index is 772. The molecule has 1 aromatic carbocycles.